The largest absolute Gasteiger partial charge is 0.456 e. The second-order valence-corrected chi connectivity index (χ2v) is 12.7. The maximum atomic E-state index is 6.17. The first-order valence-corrected chi connectivity index (χ1v) is 16.8. The fourth-order valence-corrected chi connectivity index (χ4v) is 7.21. The predicted octanol–water partition coefficient (Wildman–Crippen LogP) is 12.9. The molecule has 0 aliphatic rings. The molecule has 0 atom stereocenters. The minimum Gasteiger partial charge on any atom is -0.456 e. The quantitative estimate of drug-likeness (QED) is 0.171. The van der Waals surface area contributed by atoms with Crippen molar-refractivity contribution in [3.8, 4) is 5.69 Å². The van der Waals surface area contributed by atoms with Gasteiger partial charge >= 0.3 is 0 Å². The van der Waals surface area contributed by atoms with Gasteiger partial charge in [0, 0.05) is 44.6 Å². The fraction of sp³-hybridized carbons (Fsp3) is 0.0435. The summed E-state index contributed by atoms with van der Waals surface area (Å²) < 4.78 is 8.56. The highest BCUT2D eigenvalue weighted by molar-refractivity contribution is 6.06. The fourth-order valence-electron chi connectivity index (χ4n) is 7.21. The molecule has 0 aliphatic carbocycles. The number of hydrogen-bond acceptors (Lipinski definition) is 2. The van der Waals surface area contributed by atoms with Gasteiger partial charge in [0.25, 0.3) is 0 Å². The summed E-state index contributed by atoms with van der Waals surface area (Å²) in [5.74, 6) is 0. The number of furan rings is 1. The van der Waals surface area contributed by atoms with Gasteiger partial charge in [-0.1, -0.05) is 109 Å². The standard InChI is InChI=1S/C46H34N2O/c1-31-32(2)47(37-14-4-3-5-15-37)46-35(13-10-17-41(31)46)22-19-33-20-24-38(25-21-33)48(39-26-23-34-11-6-7-12-36(34)29-39)40-27-28-45-43(30-40)42-16-8-9-18-44(42)49-45/h3-30H,1-2H3/b22-19+. The average Bonchev–Trinajstić information content (AvgIpc) is 3.65. The predicted molar refractivity (Wildman–Crippen MR) is 208 cm³/mol. The van der Waals surface area contributed by atoms with Crippen molar-refractivity contribution in [2.24, 2.45) is 0 Å². The summed E-state index contributed by atoms with van der Waals surface area (Å²) in [6, 6.07) is 56.0. The Morgan fingerprint density at radius 1 is 0.510 bits per heavy atom. The van der Waals surface area contributed by atoms with Crippen LogP contribution >= 0.6 is 0 Å². The maximum Gasteiger partial charge on any atom is 0.135 e. The molecule has 0 spiro atoms. The molecular formula is C46H34N2O. The molecule has 2 heterocycles. The Morgan fingerprint density at radius 2 is 1.18 bits per heavy atom. The number of benzene rings is 7. The Kier molecular flexibility index (Phi) is 6.91. The van der Waals surface area contributed by atoms with Gasteiger partial charge in [0.2, 0.25) is 0 Å². The van der Waals surface area contributed by atoms with E-state index in [1.165, 1.54) is 44.2 Å². The molecule has 0 amide bonds. The van der Waals surface area contributed by atoms with E-state index in [-0.39, 0.29) is 0 Å². The van der Waals surface area contributed by atoms with Crippen molar-refractivity contribution in [2.75, 3.05) is 4.90 Å². The Bertz CT molecular complexity index is 2680. The van der Waals surface area contributed by atoms with Gasteiger partial charge in [-0.2, -0.15) is 0 Å². The van der Waals surface area contributed by atoms with Crippen LogP contribution in [0.4, 0.5) is 17.1 Å². The Balaban J connectivity index is 1.12. The Labute approximate surface area is 285 Å². The molecular weight excluding hydrogens is 597 g/mol. The van der Waals surface area contributed by atoms with E-state index in [0.29, 0.717) is 0 Å². The highest BCUT2D eigenvalue weighted by atomic mass is 16.3. The van der Waals surface area contributed by atoms with Gasteiger partial charge in [-0.25, -0.2) is 0 Å². The lowest BCUT2D eigenvalue weighted by Gasteiger charge is -2.26. The molecule has 0 N–H and O–H groups in total. The molecule has 3 nitrogen and oxygen atoms in total. The van der Waals surface area contributed by atoms with E-state index in [4.69, 9.17) is 4.42 Å². The lowest BCUT2D eigenvalue weighted by Crippen LogP contribution is -2.09. The van der Waals surface area contributed by atoms with Crippen LogP contribution < -0.4 is 4.90 Å². The molecule has 0 bridgehead atoms. The molecule has 0 unspecified atom stereocenters. The van der Waals surface area contributed by atoms with Gasteiger partial charge < -0.3 is 13.9 Å². The van der Waals surface area contributed by atoms with Crippen LogP contribution in [0.2, 0.25) is 0 Å². The lowest BCUT2D eigenvalue weighted by atomic mass is 10.1. The van der Waals surface area contributed by atoms with E-state index >= 15 is 0 Å². The maximum absolute atomic E-state index is 6.17. The van der Waals surface area contributed by atoms with Gasteiger partial charge in [0.15, 0.2) is 0 Å². The molecule has 7 aromatic carbocycles. The van der Waals surface area contributed by atoms with Crippen LogP contribution in [-0.4, -0.2) is 4.57 Å². The highest BCUT2D eigenvalue weighted by Gasteiger charge is 2.17. The highest BCUT2D eigenvalue weighted by Crippen LogP contribution is 2.40. The van der Waals surface area contributed by atoms with Crippen LogP contribution in [0.5, 0.6) is 0 Å². The van der Waals surface area contributed by atoms with Crippen LogP contribution in [0.3, 0.4) is 0 Å². The van der Waals surface area contributed by atoms with Crippen molar-refractivity contribution in [1.82, 2.24) is 4.57 Å². The monoisotopic (exact) mass is 630 g/mol. The first kappa shape index (κ1) is 28.9. The molecule has 234 valence electrons. The van der Waals surface area contributed by atoms with Crippen molar-refractivity contribution in [3.63, 3.8) is 0 Å². The van der Waals surface area contributed by atoms with E-state index in [1.54, 1.807) is 0 Å². The third-order valence-corrected chi connectivity index (χ3v) is 9.80. The number of fused-ring (bicyclic) bond motifs is 5. The number of rotatable bonds is 6. The SMILES string of the molecule is Cc1c(C)n(-c2ccccc2)c2c(/C=C/c3ccc(N(c4ccc5ccccc5c4)c4ccc5oc6ccccc6c5c4)cc3)cccc12. The number of para-hydroxylation sites is 3. The van der Waals surface area contributed by atoms with E-state index < -0.39 is 0 Å². The van der Waals surface area contributed by atoms with Crippen LogP contribution in [0.1, 0.15) is 22.4 Å². The van der Waals surface area contributed by atoms with Gasteiger partial charge in [0.05, 0.1) is 5.52 Å². The summed E-state index contributed by atoms with van der Waals surface area (Å²) in [6.45, 7) is 4.43. The summed E-state index contributed by atoms with van der Waals surface area (Å²) in [4.78, 5) is 2.33. The minimum atomic E-state index is 0.891. The van der Waals surface area contributed by atoms with Crippen molar-refractivity contribution in [1.29, 1.82) is 0 Å². The van der Waals surface area contributed by atoms with Gasteiger partial charge in [0.1, 0.15) is 11.2 Å². The van der Waals surface area contributed by atoms with E-state index in [0.717, 1.165) is 44.6 Å². The van der Waals surface area contributed by atoms with Crippen molar-refractivity contribution in [2.45, 2.75) is 13.8 Å². The molecule has 2 aromatic heterocycles. The molecule has 0 fully saturated rings. The van der Waals surface area contributed by atoms with Gasteiger partial charge in [-0.05, 0) is 102 Å². The van der Waals surface area contributed by atoms with Crippen molar-refractivity contribution < 1.29 is 4.42 Å². The van der Waals surface area contributed by atoms with Gasteiger partial charge in [-0.15, -0.1) is 0 Å². The number of hydrogen-bond donors (Lipinski definition) is 0. The number of nitrogens with zero attached hydrogens (tertiary/aromatic N) is 2. The third-order valence-electron chi connectivity index (χ3n) is 9.80. The second kappa shape index (κ2) is 11.7. The topological polar surface area (TPSA) is 21.3 Å². The normalized spacial score (nSPS) is 11.8. The molecule has 0 radical (unpaired) electrons. The Morgan fingerprint density at radius 3 is 2.04 bits per heavy atom. The van der Waals surface area contributed by atoms with Crippen LogP contribution in [0, 0.1) is 13.8 Å². The lowest BCUT2D eigenvalue weighted by molar-refractivity contribution is 0.669. The molecule has 9 rings (SSSR count). The molecule has 49 heavy (non-hydrogen) atoms. The summed E-state index contributed by atoms with van der Waals surface area (Å²) in [5, 5.41) is 5.95. The zero-order valence-corrected chi connectivity index (χ0v) is 27.5. The first-order chi connectivity index (χ1) is 24.1. The van der Waals surface area contributed by atoms with E-state index in [1.807, 2.05) is 12.1 Å². The number of aryl methyl sites for hydroxylation is 1. The molecule has 0 aliphatic heterocycles. The second-order valence-electron chi connectivity index (χ2n) is 12.7. The number of anilines is 3. The summed E-state index contributed by atoms with van der Waals surface area (Å²) >= 11 is 0. The molecule has 9 aromatic rings. The zero-order valence-electron chi connectivity index (χ0n) is 27.5. The van der Waals surface area contributed by atoms with Crippen molar-refractivity contribution in [3.05, 3.63) is 180 Å². The summed E-state index contributed by atoms with van der Waals surface area (Å²) in [5.41, 5.74) is 12.4. The van der Waals surface area contributed by atoms with E-state index in [9.17, 15) is 0 Å². The number of aromatic nitrogens is 1. The molecule has 0 saturated carbocycles. The summed E-state index contributed by atoms with van der Waals surface area (Å²) in [7, 11) is 0. The van der Waals surface area contributed by atoms with Crippen LogP contribution in [-0.2, 0) is 0 Å². The molecule has 3 heteroatoms. The van der Waals surface area contributed by atoms with Crippen LogP contribution in [0.15, 0.2) is 162 Å². The zero-order chi connectivity index (χ0) is 32.9. The van der Waals surface area contributed by atoms with E-state index in [2.05, 4.69) is 181 Å². The van der Waals surface area contributed by atoms with Crippen molar-refractivity contribution >= 4 is 72.8 Å². The third kappa shape index (κ3) is 4.99. The minimum absolute atomic E-state index is 0.891. The summed E-state index contributed by atoms with van der Waals surface area (Å²) in [6.07, 6.45) is 4.46. The molecule has 0 saturated heterocycles. The average molecular weight is 631 g/mol. The van der Waals surface area contributed by atoms with Crippen LogP contribution in [0.25, 0.3) is 61.5 Å². The van der Waals surface area contributed by atoms with Gasteiger partial charge in [-0.3, -0.25) is 0 Å². The smallest absolute Gasteiger partial charge is 0.135 e. The Hall–Kier alpha value is -6.32. The first-order valence-electron chi connectivity index (χ1n) is 16.8.